The smallest absolute Gasteiger partial charge is 0.222 e. The molecule has 0 bridgehead atoms. The minimum atomic E-state index is -4.94. The quantitative estimate of drug-likeness (QED) is 0.466. The van der Waals surface area contributed by atoms with Gasteiger partial charge in [-0.25, -0.2) is 18.6 Å². The number of aryl methyl sites for hydroxylation is 1. The average molecular weight is 250 g/mol. The Bertz CT molecular complexity index is 433. The van der Waals surface area contributed by atoms with Gasteiger partial charge in [0.05, 0.1) is 5.38 Å². The van der Waals surface area contributed by atoms with E-state index in [1.807, 2.05) is 6.07 Å². The number of halogens is 1. The minimum absolute atomic E-state index is 1.31. The molecule has 0 saturated carbocycles. The van der Waals surface area contributed by atoms with Crippen LogP contribution in [0.25, 0.3) is 4.83 Å². The predicted octanol–water partition coefficient (Wildman–Crippen LogP) is -2.96. The number of hydrogen-bond acceptors (Lipinski definition) is 5. The average Bonchev–Trinajstić information content (AvgIpc) is 2.46. The second-order valence-electron chi connectivity index (χ2n) is 2.66. The molecule has 0 unspecified atom stereocenters. The maximum Gasteiger partial charge on any atom is 0.267 e. The lowest BCUT2D eigenvalue weighted by Crippen LogP contribution is -2.68. The van der Waals surface area contributed by atoms with Crippen LogP contribution in [0.2, 0.25) is 0 Å². The number of thiazole rings is 1. The zero-order valence-electron chi connectivity index (χ0n) is 7.75. The molecule has 5 nitrogen and oxygen atoms in total. The van der Waals surface area contributed by atoms with E-state index in [9.17, 15) is 0 Å². The molecular weight excluding hydrogens is 242 g/mol. The van der Waals surface area contributed by atoms with Gasteiger partial charge in [0.25, 0.3) is 4.83 Å². The van der Waals surface area contributed by atoms with Gasteiger partial charge in [-0.1, -0.05) is 11.3 Å². The molecule has 0 spiro atoms. The lowest BCUT2D eigenvalue weighted by Gasteiger charge is -2.17. The third-order valence-electron chi connectivity index (χ3n) is 1.55. The Kier molecular flexibility index (Phi) is 3.97. The highest BCUT2D eigenvalue weighted by Gasteiger charge is 2.04. The molecule has 0 aromatic carbocycles. The number of aromatic nitrogens is 1. The van der Waals surface area contributed by atoms with Crippen molar-refractivity contribution in [3.63, 3.8) is 0 Å². The Labute approximate surface area is 92.2 Å². The molecule has 82 valence electrons. The molecule has 0 aliphatic carbocycles. The Morgan fingerprint density at radius 2 is 1.80 bits per heavy atom. The molecular formula is C8H8ClNO4S. The van der Waals surface area contributed by atoms with Crippen LogP contribution in [0.1, 0.15) is 5.69 Å². The molecule has 0 amide bonds. The van der Waals surface area contributed by atoms with Gasteiger partial charge in [-0.15, -0.1) is 10.2 Å². The standard InChI is InChI=1S/C8H8NS.ClHO4/c1-7-6-10-8-4-2-3-5-9(7)8;2-1(3,4)5/h2-6H,1H3;(H,2,3,4,5)/q+1;/p-1. The lowest BCUT2D eigenvalue weighted by molar-refractivity contribution is -2.00. The summed E-state index contributed by atoms with van der Waals surface area (Å²) in [6.45, 7) is 2.11. The van der Waals surface area contributed by atoms with Crippen molar-refractivity contribution in [3.05, 3.63) is 35.5 Å². The third-order valence-corrected chi connectivity index (χ3v) is 2.59. The van der Waals surface area contributed by atoms with E-state index in [0.717, 1.165) is 0 Å². The topological polar surface area (TPSA) is 96.3 Å². The van der Waals surface area contributed by atoms with Crippen molar-refractivity contribution < 1.29 is 33.3 Å². The minimum Gasteiger partial charge on any atom is -0.222 e. The van der Waals surface area contributed by atoms with Crippen molar-refractivity contribution in [2.45, 2.75) is 6.92 Å². The summed E-state index contributed by atoms with van der Waals surface area (Å²) < 4.78 is 36.2. The van der Waals surface area contributed by atoms with Gasteiger partial charge in [0.2, 0.25) is 0 Å². The summed E-state index contributed by atoms with van der Waals surface area (Å²) in [6.07, 6.45) is 2.08. The van der Waals surface area contributed by atoms with E-state index in [1.54, 1.807) is 11.3 Å². The van der Waals surface area contributed by atoms with E-state index in [0.29, 0.717) is 0 Å². The second kappa shape index (κ2) is 4.84. The van der Waals surface area contributed by atoms with Crippen LogP contribution >= 0.6 is 11.3 Å². The van der Waals surface area contributed by atoms with Crippen LogP contribution in [-0.4, -0.2) is 0 Å². The van der Waals surface area contributed by atoms with Crippen molar-refractivity contribution >= 4 is 16.2 Å². The van der Waals surface area contributed by atoms with Crippen LogP contribution in [0.4, 0.5) is 0 Å². The van der Waals surface area contributed by atoms with Crippen molar-refractivity contribution in [3.8, 4) is 0 Å². The zero-order chi connectivity index (χ0) is 11.5. The van der Waals surface area contributed by atoms with Gasteiger partial charge >= 0.3 is 0 Å². The summed E-state index contributed by atoms with van der Waals surface area (Å²) in [4.78, 5) is 1.31. The first kappa shape index (κ1) is 12.3. The van der Waals surface area contributed by atoms with Crippen LogP contribution < -0.4 is 23.0 Å². The Morgan fingerprint density at radius 3 is 2.33 bits per heavy atom. The summed E-state index contributed by atoms with van der Waals surface area (Å²) >= 11 is 1.78. The van der Waals surface area contributed by atoms with Gasteiger partial charge in [-0.05, 0) is 6.07 Å². The molecule has 0 atom stereocenters. The highest BCUT2D eigenvalue weighted by molar-refractivity contribution is 7.15. The van der Waals surface area contributed by atoms with E-state index in [4.69, 9.17) is 18.6 Å². The van der Waals surface area contributed by atoms with E-state index in [1.165, 1.54) is 10.5 Å². The normalized spacial score (nSPS) is 11.0. The maximum atomic E-state index is 8.49. The molecule has 2 aromatic rings. The highest BCUT2D eigenvalue weighted by Crippen LogP contribution is 2.06. The summed E-state index contributed by atoms with van der Waals surface area (Å²) in [5, 5.41) is 2.16. The molecule has 15 heavy (non-hydrogen) atoms. The molecule has 0 aliphatic heterocycles. The van der Waals surface area contributed by atoms with Gasteiger partial charge in [-0.3, -0.25) is 0 Å². The fourth-order valence-corrected chi connectivity index (χ4v) is 1.90. The van der Waals surface area contributed by atoms with E-state index >= 15 is 0 Å². The summed E-state index contributed by atoms with van der Waals surface area (Å²) in [7, 11) is -4.94. The van der Waals surface area contributed by atoms with E-state index in [2.05, 4.69) is 35.0 Å². The maximum absolute atomic E-state index is 8.49. The number of rotatable bonds is 0. The number of nitrogens with zero attached hydrogens (tertiary/aromatic N) is 1. The fourth-order valence-electron chi connectivity index (χ4n) is 1.02. The van der Waals surface area contributed by atoms with Crippen molar-refractivity contribution in [1.82, 2.24) is 0 Å². The second-order valence-corrected chi connectivity index (χ2v) is 4.31. The van der Waals surface area contributed by atoms with Gasteiger partial charge in [-0.2, -0.15) is 4.40 Å². The number of hydrogen-bond donors (Lipinski definition) is 0. The largest absolute Gasteiger partial charge is 0.267 e. The number of pyridine rings is 1. The molecule has 7 heteroatoms. The monoisotopic (exact) mass is 249 g/mol. The first-order chi connectivity index (χ1) is 6.88. The van der Waals surface area contributed by atoms with Gasteiger partial charge in [0.15, 0.2) is 11.9 Å². The van der Waals surface area contributed by atoms with Crippen LogP contribution in [0.5, 0.6) is 0 Å². The molecule has 0 radical (unpaired) electrons. The van der Waals surface area contributed by atoms with Gasteiger partial charge in [0, 0.05) is 19.1 Å². The van der Waals surface area contributed by atoms with Crippen LogP contribution in [-0.2, 0) is 0 Å². The molecule has 2 heterocycles. The predicted molar refractivity (Wildman–Crippen MR) is 42.2 cm³/mol. The molecule has 0 aliphatic rings. The Morgan fingerprint density at radius 1 is 1.20 bits per heavy atom. The van der Waals surface area contributed by atoms with Crippen LogP contribution in [0.3, 0.4) is 0 Å². The molecule has 0 fully saturated rings. The Balaban J connectivity index is 0.000000195. The Hall–Kier alpha value is -0.760. The molecule has 0 N–H and O–H groups in total. The van der Waals surface area contributed by atoms with Crippen LogP contribution in [0.15, 0.2) is 29.8 Å². The van der Waals surface area contributed by atoms with Gasteiger partial charge < -0.3 is 0 Å². The first-order valence-corrected chi connectivity index (χ1v) is 5.95. The fraction of sp³-hybridized carbons (Fsp3) is 0.125. The number of fused-ring (bicyclic) bond motifs is 1. The first-order valence-electron chi connectivity index (χ1n) is 3.84. The SMILES string of the molecule is Cc1csc2cccc[n+]12.[O-][Cl+3]([O-])([O-])[O-]. The van der Waals surface area contributed by atoms with E-state index in [-0.39, 0.29) is 0 Å². The van der Waals surface area contributed by atoms with Crippen molar-refractivity contribution in [2.75, 3.05) is 0 Å². The summed E-state index contributed by atoms with van der Waals surface area (Å²) in [6, 6.07) is 6.23. The van der Waals surface area contributed by atoms with Gasteiger partial charge in [0.1, 0.15) is 0 Å². The molecule has 2 rings (SSSR count). The molecule has 0 saturated heterocycles. The lowest BCUT2D eigenvalue weighted by atomic mass is 10.5. The van der Waals surface area contributed by atoms with E-state index < -0.39 is 10.2 Å². The third kappa shape index (κ3) is 4.52. The summed E-state index contributed by atoms with van der Waals surface area (Å²) in [5.41, 5.74) is 1.31. The van der Waals surface area contributed by atoms with Crippen molar-refractivity contribution in [1.29, 1.82) is 0 Å². The van der Waals surface area contributed by atoms with Crippen LogP contribution in [0, 0.1) is 17.2 Å². The zero-order valence-corrected chi connectivity index (χ0v) is 9.33. The molecule has 2 aromatic heterocycles. The summed E-state index contributed by atoms with van der Waals surface area (Å²) in [5.74, 6) is 0. The van der Waals surface area contributed by atoms with Crippen molar-refractivity contribution in [2.24, 2.45) is 0 Å². The highest BCUT2D eigenvalue weighted by atomic mass is 35.7.